The van der Waals surface area contributed by atoms with Crippen LogP contribution < -0.4 is 5.32 Å². The van der Waals surface area contributed by atoms with Gasteiger partial charge < -0.3 is 10.4 Å². The molecule has 0 aromatic heterocycles. The van der Waals surface area contributed by atoms with Crippen molar-refractivity contribution in [2.75, 3.05) is 0 Å². The summed E-state index contributed by atoms with van der Waals surface area (Å²) in [5.41, 5.74) is -0.576. The van der Waals surface area contributed by atoms with Crippen molar-refractivity contribution in [1.82, 2.24) is 10.2 Å². The fourth-order valence-electron chi connectivity index (χ4n) is 2.38. The first-order valence-electron chi connectivity index (χ1n) is 7.47. The van der Waals surface area contributed by atoms with Crippen molar-refractivity contribution in [2.24, 2.45) is 0 Å². The Morgan fingerprint density at radius 1 is 1.38 bits per heavy atom. The minimum absolute atomic E-state index is 0.165. The number of nitrogens with one attached hydrogen (secondary N) is 1. The highest BCUT2D eigenvalue weighted by Gasteiger charge is 2.41. The zero-order chi connectivity index (χ0) is 17.9. The summed E-state index contributed by atoms with van der Waals surface area (Å²) in [7, 11) is 0. The zero-order valence-corrected chi connectivity index (χ0v) is 13.0. The number of hydrogen-bond donors (Lipinski definition) is 2. The molecule has 9 nitrogen and oxygen atoms in total. The maximum Gasteiger partial charge on any atom is 0.405 e. The molecule has 1 aromatic carbocycles. The smallest absolute Gasteiger partial charge is 0.405 e. The second-order valence-electron chi connectivity index (χ2n) is 5.43. The van der Waals surface area contributed by atoms with Crippen LogP contribution in [0.3, 0.4) is 0 Å². The normalized spacial score (nSPS) is 14.5. The minimum Gasteiger partial charge on any atom is -0.465 e. The fourth-order valence-corrected chi connectivity index (χ4v) is 2.38. The molecule has 1 saturated carbocycles. The third kappa shape index (κ3) is 3.67. The maximum atomic E-state index is 12.7. The molecule has 2 rings (SSSR count). The quantitative estimate of drug-likeness (QED) is 0.602. The molecule has 2 N–H and O–H groups in total. The molecular weight excluding hydrogens is 318 g/mol. The van der Waals surface area contributed by atoms with Gasteiger partial charge in [0.25, 0.3) is 17.5 Å². The van der Waals surface area contributed by atoms with Gasteiger partial charge in [0.2, 0.25) is 0 Å². The van der Waals surface area contributed by atoms with Gasteiger partial charge in [-0.15, -0.1) is 0 Å². The molecule has 0 radical (unpaired) electrons. The lowest BCUT2D eigenvalue weighted by Crippen LogP contribution is -2.51. The third-order valence-corrected chi connectivity index (χ3v) is 3.70. The molecule has 1 atom stereocenters. The summed E-state index contributed by atoms with van der Waals surface area (Å²) in [6.45, 7) is 1.61. The highest BCUT2D eigenvalue weighted by Crippen LogP contribution is 2.31. The molecule has 0 heterocycles. The molecule has 0 saturated heterocycles. The second kappa shape index (κ2) is 7.07. The van der Waals surface area contributed by atoms with Crippen LogP contribution in [0.4, 0.5) is 10.5 Å². The van der Waals surface area contributed by atoms with E-state index in [-0.39, 0.29) is 23.7 Å². The number of benzene rings is 1. The Morgan fingerprint density at radius 3 is 2.50 bits per heavy atom. The number of rotatable bonds is 6. The van der Waals surface area contributed by atoms with Crippen LogP contribution in [0, 0.1) is 10.1 Å². The van der Waals surface area contributed by atoms with E-state index in [0.29, 0.717) is 12.8 Å². The van der Waals surface area contributed by atoms with E-state index in [9.17, 15) is 24.5 Å². The molecule has 0 aliphatic heterocycles. The number of nitrogens with zero attached hydrogens (tertiary/aromatic N) is 2. The molecule has 9 heteroatoms. The molecule has 3 amide bonds. The van der Waals surface area contributed by atoms with Crippen LogP contribution in [0.1, 0.15) is 36.5 Å². The first kappa shape index (κ1) is 17.4. The fraction of sp³-hybridized carbons (Fsp3) is 0.400. The monoisotopic (exact) mass is 335 g/mol. The number of imide groups is 1. The highest BCUT2D eigenvalue weighted by atomic mass is 16.6. The number of carbonyl (C=O) groups excluding carboxylic acids is 2. The highest BCUT2D eigenvalue weighted by molar-refractivity contribution is 6.09. The number of carboxylic acid groups (broad SMARTS) is 1. The predicted octanol–water partition coefficient (Wildman–Crippen LogP) is 1.77. The van der Waals surface area contributed by atoms with E-state index in [0.717, 1.165) is 4.90 Å². The number of hydrogen-bond acceptors (Lipinski definition) is 5. The van der Waals surface area contributed by atoms with E-state index in [1.54, 1.807) is 6.92 Å². The van der Waals surface area contributed by atoms with Crippen LogP contribution in [0.2, 0.25) is 0 Å². The van der Waals surface area contributed by atoms with Gasteiger partial charge in [-0.3, -0.25) is 24.6 Å². The summed E-state index contributed by atoms with van der Waals surface area (Å²) in [6, 6.07) is 3.95. The number of nitro benzene ring substituents is 1. The van der Waals surface area contributed by atoms with Gasteiger partial charge in [0.05, 0.1) is 4.92 Å². The first-order chi connectivity index (χ1) is 11.4. The van der Waals surface area contributed by atoms with Crippen molar-refractivity contribution in [3.63, 3.8) is 0 Å². The van der Waals surface area contributed by atoms with E-state index in [4.69, 9.17) is 5.11 Å². The summed E-state index contributed by atoms with van der Waals surface area (Å²) >= 11 is 0. The zero-order valence-electron chi connectivity index (χ0n) is 13.0. The second-order valence-corrected chi connectivity index (χ2v) is 5.43. The van der Waals surface area contributed by atoms with Crippen LogP contribution in [0.15, 0.2) is 24.3 Å². The van der Waals surface area contributed by atoms with Gasteiger partial charge in [0.15, 0.2) is 0 Å². The maximum absolute atomic E-state index is 12.7. The van der Waals surface area contributed by atoms with Crippen LogP contribution >= 0.6 is 0 Å². The SMILES string of the molecule is CC[C@H](NC(=O)O)C(=O)N(C(=O)c1ccccc1[N+](=O)[O-])C1CC1. The van der Waals surface area contributed by atoms with Gasteiger partial charge in [0.1, 0.15) is 11.6 Å². The lowest BCUT2D eigenvalue weighted by Gasteiger charge is -2.25. The van der Waals surface area contributed by atoms with E-state index in [1.807, 2.05) is 0 Å². The van der Waals surface area contributed by atoms with E-state index in [1.165, 1.54) is 24.3 Å². The molecule has 1 aromatic rings. The molecule has 24 heavy (non-hydrogen) atoms. The first-order valence-corrected chi connectivity index (χ1v) is 7.47. The molecule has 0 spiro atoms. The van der Waals surface area contributed by atoms with Crippen molar-refractivity contribution in [3.8, 4) is 0 Å². The lowest BCUT2D eigenvalue weighted by atomic mass is 10.1. The Kier molecular flexibility index (Phi) is 5.12. The van der Waals surface area contributed by atoms with Crippen molar-refractivity contribution >= 4 is 23.6 Å². The molecule has 1 aliphatic rings. The van der Waals surface area contributed by atoms with Crippen molar-refractivity contribution < 1.29 is 24.4 Å². The molecule has 0 bridgehead atoms. The van der Waals surface area contributed by atoms with E-state index in [2.05, 4.69) is 5.32 Å². The van der Waals surface area contributed by atoms with E-state index < -0.39 is 28.9 Å². The Balaban J connectivity index is 2.34. The summed E-state index contributed by atoms with van der Waals surface area (Å²) in [5, 5.41) is 22.0. The third-order valence-electron chi connectivity index (χ3n) is 3.70. The molecule has 1 fully saturated rings. The largest absolute Gasteiger partial charge is 0.465 e. The van der Waals surface area contributed by atoms with Crippen LogP contribution in [0.25, 0.3) is 0 Å². The molecule has 128 valence electrons. The lowest BCUT2D eigenvalue weighted by molar-refractivity contribution is -0.385. The predicted molar refractivity (Wildman–Crippen MR) is 82.5 cm³/mol. The number of nitro groups is 1. The van der Waals surface area contributed by atoms with Gasteiger partial charge >= 0.3 is 6.09 Å². The minimum atomic E-state index is -1.37. The number of para-hydroxylation sites is 1. The Hall–Kier alpha value is -2.97. The van der Waals surface area contributed by atoms with Gasteiger partial charge in [0, 0.05) is 12.1 Å². The van der Waals surface area contributed by atoms with Gasteiger partial charge in [-0.05, 0) is 25.3 Å². The Labute approximate surface area is 137 Å². The van der Waals surface area contributed by atoms with Crippen molar-refractivity contribution in [3.05, 3.63) is 39.9 Å². The molecule has 1 aliphatic carbocycles. The van der Waals surface area contributed by atoms with Crippen LogP contribution in [0.5, 0.6) is 0 Å². The molecular formula is C15H17N3O6. The number of carbonyl (C=O) groups is 3. The Bertz CT molecular complexity index is 686. The van der Waals surface area contributed by atoms with Gasteiger partial charge in [-0.1, -0.05) is 19.1 Å². The average molecular weight is 335 g/mol. The number of amides is 3. The van der Waals surface area contributed by atoms with Gasteiger partial charge in [-0.25, -0.2) is 4.79 Å². The Morgan fingerprint density at radius 2 is 2.00 bits per heavy atom. The van der Waals surface area contributed by atoms with E-state index >= 15 is 0 Å². The van der Waals surface area contributed by atoms with Gasteiger partial charge in [-0.2, -0.15) is 0 Å². The topological polar surface area (TPSA) is 130 Å². The molecule has 0 unspecified atom stereocenters. The van der Waals surface area contributed by atoms with Crippen molar-refractivity contribution in [2.45, 2.75) is 38.3 Å². The standard InChI is InChI=1S/C15H17N3O6/c1-2-11(16-15(21)22)14(20)17(9-7-8-9)13(19)10-5-3-4-6-12(10)18(23)24/h3-6,9,11,16H,2,7-8H2,1H3,(H,21,22)/t11-/m0/s1. The summed E-state index contributed by atoms with van der Waals surface area (Å²) in [5.74, 6) is -1.47. The van der Waals surface area contributed by atoms with Crippen LogP contribution in [-0.4, -0.2) is 44.9 Å². The van der Waals surface area contributed by atoms with Crippen molar-refractivity contribution in [1.29, 1.82) is 0 Å². The summed E-state index contributed by atoms with van der Waals surface area (Å²) < 4.78 is 0. The summed E-state index contributed by atoms with van der Waals surface area (Å²) in [6.07, 6.45) is -0.00837. The summed E-state index contributed by atoms with van der Waals surface area (Å²) in [4.78, 5) is 47.5. The van der Waals surface area contributed by atoms with Crippen LogP contribution in [-0.2, 0) is 4.79 Å². The average Bonchev–Trinajstić information content (AvgIpc) is 3.37.